The molecule has 1 aromatic heterocycles. The molecule has 0 amide bonds. The van der Waals surface area contributed by atoms with Crippen LogP contribution in [-0.4, -0.2) is 22.1 Å². The number of rotatable bonds is 2. The molecule has 0 bridgehead atoms. The van der Waals surface area contributed by atoms with Crippen LogP contribution in [0, 0.1) is 13.8 Å². The van der Waals surface area contributed by atoms with E-state index >= 15 is 0 Å². The van der Waals surface area contributed by atoms with Gasteiger partial charge < -0.3 is 4.55 Å². The number of aromatic nitrogens is 2. The van der Waals surface area contributed by atoms with Crippen LogP contribution in [0.4, 0.5) is 0 Å². The largest absolute Gasteiger partial charge is 0.726 e. The standard InChI is InChI=1S/C18H17N2O.H2O4S/c1-14-13-15(2)20(17-11-7-4-8-12-17)18(21)19(14)16-9-5-3-6-10-16;1-5(2,3)4/h3-13H,1-2H3;(H2,1,2,3,4)/q+1;/p-1. The van der Waals surface area contributed by atoms with Crippen LogP contribution in [-0.2, 0) is 10.4 Å². The van der Waals surface area contributed by atoms with E-state index in [1.165, 1.54) is 0 Å². The van der Waals surface area contributed by atoms with E-state index in [1.54, 1.807) is 9.13 Å². The monoisotopic (exact) mass is 374 g/mol. The second kappa shape index (κ2) is 8.05. The zero-order chi connectivity index (χ0) is 19.3. The summed E-state index contributed by atoms with van der Waals surface area (Å²) >= 11 is 0. The number of hydrogen-bond donors (Lipinski definition) is 1. The van der Waals surface area contributed by atoms with Crippen LogP contribution >= 0.6 is 0 Å². The van der Waals surface area contributed by atoms with Gasteiger partial charge in [0.05, 0.1) is 0 Å². The fraction of sp³-hybridized carbons (Fsp3) is 0.111. The van der Waals surface area contributed by atoms with Gasteiger partial charge in [0.2, 0.25) is 10.4 Å². The quantitative estimate of drug-likeness (QED) is 0.418. The van der Waals surface area contributed by atoms with Gasteiger partial charge in [-0.2, -0.15) is 13.9 Å². The minimum absolute atomic E-state index is 0.0510. The zero-order valence-corrected chi connectivity index (χ0v) is 15.1. The van der Waals surface area contributed by atoms with E-state index in [0.29, 0.717) is 0 Å². The van der Waals surface area contributed by atoms with Crippen molar-refractivity contribution in [3.63, 3.8) is 0 Å². The Balaban J connectivity index is 0.000000431. The lowest BCUT2D eigenvalue weighted by Gasteiger charge is -2.08. The van der Waals surface area contributed by atoms with Crippen molar-refractivity contribution < 1.29 is 22.1 Å². The van der Waals surface area contributed by atoms with Crippen molar-refractivity contribution in [2.45, 2.75) is 13.8 Å². The Morgan fingerprint density at radius 2 is 1.42 bits per heavy atom. The van der Waals surface area contributed by atoms with Crippen LogP contribution in [0.15, 0.2) is 71.5 Å². The van der Waals surface area contributed by atoms with E-state index < -0.39 is 10.4 Å². The number of aryl methyl sites for hydroxylation is 2. The summed E-state index contributed by atoms with van der Waals surface area (Å²) in [6.45, 7) is 3.91. The highest BCUT2D eigenvalue weighted by molar-refractivity contribution is 7.79. The lowest BCUT2D eigenvalue weighted by molar-refractivity contribution is -0.623. The van der Waals surface area contributed by atoms with Crippen molar-refractivity contribution in [2.75, 3.05) is 0 Å². The van der Waals surface area contributed by atoms with Gasteiger partial charge in [0.25, 0.3) is 0 Å². The maximum absolute atomic E-state index is 12.9. The third-order valence-corrected chi connectivity index (χ3v) is 3.53. The van der Waals surface area contributed by atoms with Crippen molar-refractivity contribution in [2.24, 2.45) is 0 Å². The molecule has 7 nitrogen and oxygen atoms in total. The molecule has 3 aromatic rings. The number of para-hydroxylation sites is 2. The van der Waals surface area contributed by atoms with Gasteiger partial charge in [-0.3, -0.25) is 4.55 Å². The van der Waals surface area contributed by atoms with Crippen molar-refractivity contribution in [1.82, 2.24) is 4.57 Å². The molecule has 0 fully saturated rings. The molecular weight excluding hydrogens is 356 g/mol. The first-order valence-corrected chi connectivity index (χ1v) is 8.99. The predicted molar refractivity (Wildman–Crippen MR) is 95.4 cm³/mol. The Hall–Kier alpha value is -2.81. The van der Waals surface area contributed by atoms with E-state index in [0.717, 1.165) is 22.8 Å². The van der Waals surface area contributed by atoms with Gasteiger partial charge in [-0.25, -0.2) is 8.42 Å². The highest BCUT2D eigenvalue weighted by Crippen LogP contribution is 2.08. The van der Waals surface area contributed by atoms with Crippen LogP contribution in [0.25, 0.3) is 11.4 Å². The summed E-state index contributed by atoms with van der Waals surface area (Å²) in [6.07, 6.45) is 0. The highest BCUT2D eigenvalue weighted by Gasteiger charge is 2.20. The second-order valence-corrected chi connectivity index (χ2v) is 6.33. The van der Waals surface area contributed by atoms with Gasteiger partial charge in [0.1, 0.15) is 22.8 Å². The fourth-order valence-corrected chi connectivity index (χ4v) is 2.62. The SMILES string of the molecule is Cc1cc(C)[n+](-c2ccccc2)c(=O)n1-c1ccccc1.O=S(=O)([O-])O. The maximum atomic E-state index is 12.9. The normalized spacial score (nSPS) is 10.8. The van der Waals surface area contributed by atoms with E-state index in [9.17, 15) is 4.79 Å². The summed E-state index contributed by atoms with van der Waals surface area (Å²) < 4.78 is 36.3. The summed E-state index contributed by atoms with van der Waals surface area (Å²) in [6, 6.07) is 21.5. The fourth-order valence-electron chi connectivity index (χ4n) is 2.62. The minimum Gasteiger partial charge on any atom is -0.726 e. The van der Waals surface area contributed by atoms with E-state index in [2.05, 4.69) is 0 Å². The first-order valence-electron chi connectivity index (χ1n) is 7.63. The van der Waals surface area contributed by atoms with Crippen LogP contribution in [0.1, 0.15) is 11.4 Å². The molecule has 0 radical (unpaired) electrons. The molecular formula is C18H18N2O5S. The Kier molecular flexibility index (Phi) is 6.04. The van der Waals surface area contributed by atoms with Crippen LogP contribution in [0.5, 0.6) is 0 Å². The maximum Gasteiger partial charge on any atom is 0.508 e. The van der Waals surface area contributed by atoms with E-state index in [-0.39, 0.29) is 5.69 Å². The molecule has 1 heterocycles. The number of benzene rings is 2. The molecule has 8 heteroatoms. The third-order valence-electron chi connectivity index (χ3n) is 3.53. The van der Waals surface area contributed by atoms with Crippen LogP contribution in [0.2, 0.25) is 0 Å². The van der Waals surface area contributed by atoms with E-state index in [1.807, 2.05) is 80.6 Å². The van der Waals surface area contributed by atoms with Gasteiger partial charge in [-0.05, 0) is 38.1 Å². The summed E-state index contributed by atoms with van der Waals surface area (Å²) in [5.41, 5.74) is 3.56. The van der Waals surface area contributed by atoms with Gasteiger partial charge in [-0.15, -0.1) is 0 Å². The first kappa shape index (κ1) is 19.5. The van der Waals surface area contributed by atoms with Gasteiger partial charge >= 0.3 is 5.69 Å². The number of nitrogens with zero attached hydrogens (tertiary/aromatic N) is 2. The van der Waals surface area contributed by atoms with Gasteiger partial charge in [0.15, 0.2) is 0 Å². The summed E-state index contributed by atoms with van der Waals surface area (Å²) in [7, 11) is -4.92. The van der Waals surface area contributed by atoms with E-state index in [4.69, 9.17) is 17.5 Å². The Bertz CT molecular complexity index is 971. The lowest BCUT2D eigenvalue weighted by atomic mass is 10.2. The third kappa shape index (κ3) is 5.09. The topological polar surface area (TPSA) is 103 Å². The average molecular weight is 374 g/mol. The highest BCUT2D eigenvalue weighted by atomic mass is 32.3. The molecule has 2 aromatic carbocycles. The van der Waals surface area contributed by atoms with Crippen molar-refractivity contribution in [3.8, 4) is 11.4 Å². The second-order valence-electron chi connectivity index (χ2n) is 5.48. The van der Waals surface area contributed by atoms with Gasteiger partial charge in [-0.1, -0.05) is 36.4 Å². The molecule has 0 saturated carbocycles. The van der Waals surface area contributed by atoms with Crippen molar-refractivity contribution in [3.05, 3.63) is 88.6 Å². The Morgan fingerprint density at radius 1 is 0.962 bits per heavy atom. The van der Waals surface area contributed by atoms with Crippen LogP contribution < -0.4 is 10.3 Å². The molecule has 0 aliphatic heterocycles. The minimum atomic E-state index is -4.92. The lowest BCUT2D eigenvalue weighted by Crippen LogP contribution is -2.54. The molecule has 26 heavy (non-hydrogen) atoms. The molecule has 0 atom stereocenters. The zero-order valence-electron chi connectivity index (χ0n) is 14.2. The predicted octanol–water partition coefficient (Wildman–Crippen LogP) is 1.74. The summed E-state index contributed by atoms with van der Waals surface area (Å²) in [5.74, 6) is 0. The number of hydrogen-bond acceptors (Lipinski definition) is 4. The molecule has 3 rings (SSSR count). The summed E-state index contributed by atoms with van der Waals surface area (Å²) in [4.78, 5) is 12.9. The molecule has 0 saturated heterocycles. The Labute approximate surface area is 151 Å². The Morgan fingerprint density at radius 3 is 1.92 bits per heavy atom. The molecule has 136 valence electrons. The first-order chi connectivity index (χ1) is 12.2. The van der Waals surface area contributed by atoms with Crippen molar-refractivity contribution >= 4 is 10.4 Å². The molecule has 1 N–H and O–H groups in total. The van der Waals surface area contributed by atoms with Crippen molar-refractivity contribution in [1.29, 1.82) is 0 Å². The molecule has 0 aliphatic carbocycles. The van der Waals surface area contributed by atoms with Gasteiger partial charge in [0, 0.05) is 6.07 Å². The molecule has 0 spiro atoms. The molecule has 0 unspecified atom stereocenters. The molecule has 0 aliphatic rings. The smallest absolute Gasteiger partial charge is 0.508 e. The summed E-state index contributed by atoms with van der Waals surface area (Å²) in [5, 5.41) is 0. The average Bonchev–Trinajstić information content (AvgIpc) is 2.55. The van der Waals surface area contributed by atoms with Crippen LogP contribution in [0.3, 0.4) is 0 Å².